The normalized spacial score (nSPS) is 14.5. The summed E-state index contributed by atoms with van der Waals surface area (Å²) >= 11 is 0. The first kappa shape index (κ1) is 15.9. The van der Waals surface area contributed by atoms with Crippen LogP contribution in [0.3, 0.4) is 0 Å². The SMILES string of the molecule is CS(=O)Cc1cccc(C(=O)NCCc2nnc3n2CCC3)c1. The summed E-state index contributed by atoms with van der Waals surface area (Å²) in [4.78, 5) is 12.2. The van der Waals surface area contributed by atoms with E-state index in [4.69, 9.17) is 0 Å². The Balaban J connectivity index is 1.56. The Bertz CT molecular complexity index is 741. The minimum absolute atomic E-state index is 0.116. The zero-order valence-electron chi connectivity index (χ0n) is 13.1. The van der Waals surface area contributed by atoms with Crippen molar-refractivity contribution in [1.82, 2.24) is 20.1 Å². The summed E-state index contributed by atoms with van der Waals surface area (Å²) in [6.07, 6.45) is 4.45. The van der Waals surface area contributed by atoms with Gasteiger partial charge in [-0.25, -0.2) is 0 Å². The molecule has 1 amide bonds. The summed E-state index contributed by atoms with van der Waals surface area (Å²) in [6, 6.07) is 7.28. The third-order valence-corrected chi connectivity index (χ3v) is 4.62. The number of carbonyl (C=O) groups is 1. The van der Waals surface area contributed by atoms with Crippen LogP contribution < -0.4 is 5.32 Å². The maximum absolute atomic E-state index is 12.2. The van der Waals surface area contributed by atoms with Crippen LogP contribution in [0.15, 0.2) is 24.3 Å². The minimum atomic E-state index is -0.914. The summed E-state index contributed by atoms with van der Waals surface area (Å²) in [5, 5.41) is 11.3. The number of aryl methyl sites for hydroxylation is 1. The second kappa shape index (κ2) is 7.04. The number of carbonyl (C=O) groups excluding carboxylic acids is 1. The van der Waals surface area contributed by atoms with E-state index in [9.17, 15) is 9.00 Å². The lowest BCUT2D eigenvalue weighted by Crippen LogP contribution is -2.26. The van der Waals surface area contributed by atoms with E-state index < -0.39 is 10.8 Å². The molecule has 0 fully saturated rings. The van der Waals surface area contributed by atoms with E-state index in [-0.39, 0.29) is 5.91 Å². The highest BCUT2D eigenvalue weighted by molar-refractivity contribution is 7.83. The van der Waals surface area contributed by atoms with E-state index in [2.05, 4.69) is 20.1 Å². The molecule has 3 rings (SSSR count). The van der Waals surface area contributed by atoms with Crippen LogP contribution in [0.2, 0.25) is 0 Å². The molecule has 2 heterocycles. The standard InChI is InChI=1S/C16H20N4O2S/c1-23(22)11-12-4-2-5-13(10-12)16(21)17-8-7-15-19-18-14-6-3-9-20(14)15/h2,4-5,10H,3,6-9,11H2,1H3,(H,17,21). The van der Waals surface area contributed by atoms with Crippen molar-refractivity contribution in [2.75, 3.05) is 12.8 Å². The topological polar surface area (TPSA) is 76.9 Å². The molecule has 1 aromatic heterocycles. The maximum Gasteiger partial charge on any atom is 0.251 e. The van der Waals surface area contributed by atoms with Crippen molar-refractivity contribution in [3.8, 4) is 0 Å². The molecule has 6 nitrogen and oxygen atoms in total. The highest BCUT2D eigenvalue weighted by Crippen LogP contribution is 2.14. The molecule has 1 aromatic carbocycles. The highest BCUT2D eigenvalue weighted by Gasteiger charge is 2.17. The zero-order chi connectivity index (χ0) is 16.2. The molecule has 1 atom stereocenters. The van der Waals surface area contributed by atoms with Gasteiger partial charge in [0.05, 0.1) is 0 Å². The van der Waals surface area contributed by atoms with Gasteiger partial charge in [-0.15, -0.1) is 10.2 Å². The quantitative estimate of drug-likeness (QED) is 0.858. The van der Waals surface area contributed by atoms with Crippen LogP contribution >= 0.6 is 0 Å². The molecular formula is C16H20N4O2S. The predicted molar refractivity (Wildman–Crippen MR) is 88.6 cm³/mol. The lowest BCUT2D eigenvalue weighted by Gasteiger charge is -2.07. The lowest BCUT2D eigenvalue weighted by molar-refractivity contribution is 0.0954. The minimum Gasteiger partial charge on any atom is -0.352 e. The van der Waals surface area contributed by atoms with Gasteiger partial charge in [-0.3, -0.25) is 9.00 Å². The molecule has 0 radical (unpaired) electrons. The van der Waals surface area contributed by atoms with Gasteiger partial charge in [-0.05, 0) is 24.1 Å². The molecule has 1 aliphatic rings. The summed E-state index contributed by atoms with van der Waals surface area (Å²) in [7, 11) is -0.914. The van der Waals surface area contributed by atoms with Gasteiger partial charge in [0.15, 0.2) is 0 Å². The van der Waals surface area contributed by atoms with Crippen LogP contribution in [0.5, 0.6) is 0 Å². The Morgan fingerprint density at radius 3 is 3.09 bits per heavy atom. The van der Waals surface area contributed by atoms with Gasteiger partial charge in [0, 0.05) is 54.3 Å². The maximum atomic E-state index is 12.2. The van der Waals surface area contributed by atoms with E-state index in [0.29, 0.717) is 24.3 Å². The molecule has 122 valence electrons. The first-order chi connectivity index (χ1) is 11.1. The van der Waals surface area contributed by atoms with Crippen LogP contribution in [0.25, 0.3) is 0 Å². The second-order valence-corrected chi connectivity index (χ2v) is 7.15. The van der Waals surface area contributed by atoms with E-state index in [1.54, 1.807) is 18.4 Å². The van der Waals surface area contributed by atoms with Crippen LogP contribution in [0, 0.1) is 0 Å². The van der Waals surface area contributed by atoms with E-state index in [0.717, 1.165) is 36.6 Å². The Kier molecular flexibility index (Phi) is 4.85. The van der Waals surface area contributed by atoms with E-state index in [1.165, 1.54) is 0 Å². The predicted octanol–water partition coefficient (Wildman–Crippen LogP) is 1.08. The summed E-state index contributed by atoms with van der Waals surface area (Å²) in [6.45, 7) is 1.50. The first-order valence-corrected chi connectivity index (χ1v) is 9.44. The van der Waals surface area contributed by atoms with E-state index >= 15 is 0 Å². The smallest absolute Gasteiger partial charge is 0.251 e. The Hall–Kier alpha value is -2.02. The van der Waals surface area contributed by atoms with E-state index in [1.807, 2.05) is 12.1 Å². The molecular weight excluding hydrogens is 312 g/mol. The van der Waals surface area contributed by atoms with Crippen molar-refractivity contribution in [1.29, 1.82) is 0 Å². The third kappa shape index (κ3) is 3.85. The molecule has 0 aliphatic carbocycles. The fourth-order valence-corrected chi connectivity index (χ4v) is 3.47. The van der Waals surface area contributed by atoms with Gasteiger partial charge in [-0.1, -0.05) is 12.1 Å². The summed E-state index contributed by atoms with van der Waals surface area (Å²) < 4.78 is 13.4. The number of hydrogen-bond donors (Lipinski definition) is 1. The Morgan fingerprint density at radius 2 is 2.26 bits per heavy atom. The van der Waals surface area contributed by atoms with Gasteiger partial charge in [0.25, 0.3) is 5.91 Å². The average molecular weight is 332 g/mol. The van der Waals surface area contributed by atoms with Crippen molar-refractivity contribution in [3.05, 3.63) is 47.0 Å². The van der Waals surface area contributed by atoms with Gasteiger partial charge < -0.3 is 9.88 Å². The number of hydrogen-bond acceptors (Lipinski definition) is 4. The molecule has 0 bridgehead atoms. The van der Waals surface area contributed by atoms with Crippen molar-refractivity contribution in [2.24, 2.45) is 0 Å². The fourth-order valence-electron chi connectivity index (χ4n) is 2.82. The van der Waals surface area contributed by atoms with Crippen LogP contribution in [-0.4, -0.2) is 37.7 Å². The molecule has 0 spiro atoms. The molecule has 23 heavy (non-hydrogen) atoms. The fraction of sp³-hybridized carbons (Fsp3) is 0.438. The molecule has 1 N–H and O–H groups in total. The van der Waals surface area contributed by atoms with Gasteiger partial charge in [0.1, 0.15) is 11.6 Å². The van der Waals surface area contributed by atoms with Gasteiger partial charge >= 0.3 is 0 Å². The van der Waals surface area contributed by atoms with Crippen LogP contribution in [0.1, 0.15) is 34.0 Å². The largest absolute Gasteiger partial charge is 0.352 e. The average Bonchev–Trinajstić information content (AvgIpc) is 3.11. The number of aromatic nitrogens is 3. The summed E-state index contributed by atoms with van der Waals surface area (Å²) in [5.74, 6) is 2.34. The zero-order valence-corrected chi connectivity index (χ0v) is 13.9. The number of fused-ring (bicyclic) bond motifs is 1. The first-order valence-electron chi connectivity index (χ1n) is 7.71. The molecule has 0 saturated heterocycles. The van der Waals surface area contributed by atoms with Gasteiger partial charge in [0.2, 0.25) is 0 Å². The number of amides is 1. The number of nitrogens with one attached hydrogen (secondary N) is 1. The number of nitrogens with zero attached hydrogens (tertiary/aromatic N) is 3. The number of benzene rings is 1. The Labute approximate surface area is 137 Å². The van der Waals surface area contributed by atoms with Crippen LogP contribution in [-0.2, 0) is 35.9 Å². The molecule has 7 heteroatoms. The number of rotatable bonds is 6. The second-order valence-electron chi connectivity index (χ2n) is 5.71. The van der Waals surface area contributed by atoms with Crippen LogP contribution in [0.4, 0.5) is 0 Å². The Morgan fingerprint density at radius 1 is 1.39 bits per heavy atom. The van der Waals surface area contributed by atoms with Crippen molar-refractivity contribution >= 4 is 16.7 Å². The van der Waals surface area contributed by atoms with Crippen molar-refractivity contribution < 1.29 is 9.00 Å². The lowest BCUT2D eigenvalue weighted by atomic mass is 10.1. The van der Waals surface area contributed by atoms with Gasteiger partial charge in [-0.2, -0.15) is 0 Å². The highest BCUT2D eigenvalue weighted by atomic mass is 32.2. The van der Waals surface area contributed by atoms with Crippen molar-refractivity contribution in [3.63, 3.8) is 0 Å². The molecule has 1 aliphatic heterocycles. The monoisotopic (exact) mass is 332 g/mol. The molecule has 2 aromatic rings. The summed E-state index contributed by atoms with van der Waals surface area (Å²) in [5.41, 5.74) is 1.51. The third-order valence-electron chi connectivity index (χ3n) is 3.88. The molecule has 0 saturated carbocycles. The molecule has 1 unspecified atom stereocenters. The van der Waals surface area contributed by atoms with Crippen molar-refractivity contribution in [2.45, 2.75) is 31.6 Å².